The summed E-state index contributed by atoms with van der Waals surface area (Å²) in [5.41, 5.74) is 7.73. The number of hydrogen-bond acceptors (Lipinski definition) is 4. The first-order chi connectivity index (χ1) is 8.47. The Hall–Kier alpha value is -1.36. The maximum atomic E-state index is 12.1. The van der Waals surface area contributed by atoms with Crippen molar-refractivity contribution in [2.75, 3.05) is 5.73 Å². The third-order valence-corrected chi connectivity index (χ3v) is 4.98. The molecule has 98 valence electrons. The van der Waals surface area contributed by atoms with Crippen molar-refractivity contribution in [2.45, 2.75) is 31.8 Å². The fraction of sp³-hybridized carbons (Fsp3) is 0.462. The van der Waals surface area contributed by atoms with Gasteiger partial charge in [0.05, 0.1) is 0 Å². The number of nitrogen functional groups attached to an aromatic ring is 1. The lowest BCUT2D eigenvalue weighted by molar-refractivity contribution is 0.547. The third kappa shape index (κ3) is 2.72. The number of fused-ring (bicyclic) bond motifs is 1. The van der Waals surface area contributed by atoms with Crippen molar-refractivity contribution in [3.05, 3.63) is 24.1 Å². The second-order valence-electron chi connectivity index (χ2n) is 4.81. The van der Waals surface area contributed by atoms with Crippen LogP contribution in [0.2, 0.25) is 0 Å². The van der Waals surface area contributed by atoms with Gasteiger partial charge >= 0.3 is 0 Å². The minimum absolute atomic E-state index is 0.130. The first-order valence-electron chi connectivity index (χ1n) is 5.99. The van der Waals surface area contributed by atoms with Crippen LogP contribution in [0.25, 0.3) is 11.1 Å². The van der Waals surface area contributed by atoms with Crippen LogP contribution in [0.4, 0.5) is 5.69 Å². The normalized spacial score (nSPS) is 15.1. The number of nitrogens with zero attached hydrogens (tertiary/aromatic N) is 1. The van der Waals surface area contributed by atoms with Gasteiger partial charge in [0.1, 0.15) is 11.3 Å². The molecule has 0 bridgehead atoms. The van der Waals surface area contributed by atoms with Crippen LogP contribution in [0, 0.1) is 5.92 Å². The number of aromatic nitrogens is 1. The summed E-state index contributed by atoms with van der Waals surface area (Å²) in [5, 5.41) is 0.130. The van der Waals surface area contributed by atoms with Gasteiger partial charge in [-0.3, -0.25) is 4.21 Å². The number of benzene rings is 1. The van der Waals surface area contributed by atoms with E-state index in [0.29, 0.717) is 28.8 Å². The van der Waals surface area contributed by atoms with Crippen molar-refractivity contribution in [3.8, 4) is 0 Å². The van der Waals surface area contributed by atoms with Gasteiger partial charge in [-0.25, -0.2) is 4.98 Å². The number of rotatable bonds is 4. The molecule has 18 heavy (non-hydrogen) atoms. The van der Waals surface area contributed by atoms with Gasteiger partial charge in [-0.1, -0.05) is 20.8 Å². The predicted molar refractivity (Wildman–Crippen MR) is 74.6 cm³/mol. The van der Waals surface area contributed by atoms with Crippen molar-refractivity contribution in [3.63, 3.8) is 0 Å². The first kappa shape index (κ1) is 13.1. The standard InChI is InChI=1S/C13H18N2O2S/c1-8(2)9(3)18(16)7-13-15-11-5-4-10(14)6-12(11)17-13/h4-6,8-9H,7,14H2,1-3H3. The molecule has 1 aromatic heterocycles. The van der Waals surface area contributed by atoms with Crippen molar-refractivity contribution >= 4 is 27.6 Å². The summed E-state index contributed by atoms with van der Waals surface area (Å²) in [6.45, 7) is 6.12. The maximum absolute atomic E-state index is 12.1. The zero-order chi connectivity index (χ0) is 13.3. The molecule has 0 radical (unpaired) electrons. The Morgan fingerprint density at radius 2 is 2.11 bits per heavy atom. The Labute approximate surface area is 109 Å². The van der Waals surface area contributed by atoms with Gasteiger partial charge in [0.2, 0.25) is 5.89 Å². The van der Waals surface area contributed by atoms with Gasteiger partial charge in [-0.05, 0) is 18.1 Å². The lowest BCUT2D eigenvalue weighted by atomic mass is 10.2. The van der Waals surface area contributed by atoms with Crippen molar-refractivity contribution in [1.29, 1.82) is 0 Å². The zero-order valence-corrected chi connectivity index (χ0v) is 11.7. The van der Waals surface area contributed by atoms with Crippen LogP contribution < -0.4 is 5.73 Å². The molecule has 4 nitrogen and oxygen atoms in total. The highest BCUT2D eigenvalue weighted by atomic mass is 32.2. The molecule has 0 amide bonds. The summed E-state index contributed by atoms with van der Waals surface area (Å²) >= 11 is 0. The molecule has 5 heteroatoms. The van der Waals surface area contributed by atoms with E-state index >= 15 is 0 Å². The van der Waals surface area contributed by atoms with Crippen LogP contribution >= 0.6 is 0 Å². The number of hydrogen-bond donors (Lipinski definition) is 1. The van der Waals surface area contributed by atoms with Crippen LogP contribution in [0.15, 0.2) is 22.6 Å². The van der Waals surface area contributed by atoms with Crippen LogP contribution in [0.3, 0.4) is 0 Å². The molecular weight excluding hydrogens is 248 g/mol. The summed E-state index contributed by atoms with van der Waals surface area (Å²) in [6, 6.07) is 5.33. The van der Waals surface area contributed by atoms with E-state index in [0.717, 1.165) is 5.52 Å². The van der Waals surface area contributed by atoms with E-state index in [1.165, 1.54) is 0 Å². The van der Waals surface area contributed by atoms with E-state index in [4.69, 9.17) is 10.2 Å². The Kier molecular flexibility index (Phi) is 3.71. The highest BCUT2D eigenvalue weighted by molar-refractivity contribution is 7.84. The Morgan fingerprint density at radius 3 is 2.78 bits per heavy atom. The van der Waals surface area contributed by atoms with E-state index in [2.05, 4.69) is 18.8 Å². The second kappa shape index (κ2) is 5.10. The van der Waals surface area contributed by atoms with Crippen LogP contribution in [0.1, 0.15) is 26.7 Å². The summed E-state index contributed by atoms with van der Waals surface area (Å²) in [5.74, 6) is 1.25. The smallest absolute Gasteiger partial charge is 0.208 e. The minimum atomic E-state index is -0.965. The fourth-order valence-electron chi connectivity index (χ4n) is 1.61. The minimum Gasteiger partial charge on any atom is -0.440 e. The van der Waals surface area contributed by atoms with Crippen LogP contribution in [0.5, 0.6) is 0 Å². The highest BCUT2D eigenvalue weighted by Gasteiger charge is 2.18. The van der Waals surface area contributed by atoms with Crippen molar-refractivity contribution < 1.29 is 8.63 Å². The average Bonchev–Trinajstić information content (AvgIpc) is 2.68. The molecule has 0 fully saturated rings. The molecule has 0 aliphatic heterocycles. The number of nitrogens with two attached hydrogens (primary N) is 1. The predicted octanol–water partition coefficient (Wildman–Crippen LogP) is 2.70. The zero-order valence-electron chi connectivity index (χ0n) is 10.8. The Balaban J connectivity index is 2.20. The highest BCUT2D eigenvalue weighted by Crippen LogP contribution is 2.20. The van der Waals surface area contributed by atoms with Gasteiger partial charge in [-0.2, -0.15) is 0 Å². The SMILES string of the molecule is CC(C)C(C)S(=O)Cc1nc2ccc(N)cc2o1. The molecule has 0 saturated heterocycles. The molecule has 1 aromatic carbocycles. The molecule has 0 aliphatic carbocycles. The summed E-state index contributed by atoms with van der Waals surface area (Å²) in [7, 11) is -0.965. The van der Waals surface area contributed by atoms with E-state index in [9.17, 15) is 4.21 Å². The first-order valence-corrected chi connectivity index (χ1v) is 7.37. The van der Waals surface area contributed by atoms with Gasteiger partial charge in [0.15, 0.2) is 5.58 Å². The third-order valence-electron chi connectivity index (χ3n) is 3.08. The molecular formula is C13H18N2O2S. The topological polar surface area (TPSA) is 69.1 Å². The summed E-state index contributed by atoms with van der Waals surface area (Å²) < 4.78 is 17.6. The van der Waals surface area contributed by atoms with E-state index in [-0.39, 0.29) is 5.25 Å². The molecule has 2 rings (SSSR count). The van der Waals surface area contributed by atoms with E-state index in [1.54, 1.807) is 12.1 Å². The average molecular weight is 266 g/mol. The van der Waals surface area contributed by atoms with Crippen molar-refractivity contribution in [1.82, 2.24) is 4.98 Å². The van der Waals surface area contributed by atoms with Crippen LogP contribution in [-0.2, 0) is 16.6 Å². The van der Waals surface area contributed by atoms with E-state index < -0.39 is 10.8 Å². The molecule has 2 aromatic rings. The van der Waals surface area contributed by atoms with Gasteiger partial charge in [0, 0.05) is 27.8 Å². The molecule has 2 N–H and O–H groups in total. The largest absolute Gasteiger partial charge is 0.440 e. The van der Waals surface area contributed by atoms with E-state index in [1.807, 2.05) is 13.0 Å². The summed E-state index contributed by atoms with van der Waals surface area (Å²) in [6.07, 6.45) is 0. The molecule has 0 spiro atoms. The molecule has 2 atom stereocenters. The number of anilines is 1. The lowest BCUT2D eigenvalue weighted by Gasteiger charge is -2.13. The monoisotopic (exact) mass is 266 g/mol. The fourth-order valence-corrected chi connectivity index (χ4v) is 2.84. The quantitative estimate of drug-likeness (QED) is 0.864. The second-order valence-corrected chi connectivity index (χ2v) is 6.60. The maximum Gasteiger partial charge on any atom is 0.208 e. The lowest BCUT2D eigenvalue weighted by Crippen LogP contribution is -2.19. The Morgan fingerprint density at radius 1 is 1.39 bits per heavy atom. The summed E-state index contributed by atoms with van der Waals surface area (Å²) in [4.78, 5) is 4.32. The Bertz CT molecular complexity index is 577. The van der Waals surface area contributed by atoms with Crippen molar-refractivity contribution in [2.24, 2.45) is 5.92 Å². The van der Waals surface area contributed by atoms with Gasteiger partial charge in [0.25, 0.3) is 0 Å². The molecule has 1 heterocycles. The molecule has 0 aliphatic rings. The van der Waals surface area contributed by atoms with Gasteiger partial charge < -0.3 is 10.2 Å². The molecule has 2 unspecified atom stereocenters. The molecule has 0 saturated carbocycles. The van der Waals surface area contributed by atoms with Gasteiger partial charge in [-0.15, -0.1) is 0 Å². The van der Waals surface area contributed by atoms with Crippen LogP contribution in [-0.4, -0.2) is 14.4 Å². The number of oxazole rings is 1.